The zero-order valence-electron chi connectivity index (χ0n) is 18.9. The summed E-state index contributed by atoms with van der Waals surface area (Å²) < 4.78 is 18.2. The van der Waals surface area contributed by atoms with E-state index in [0.29, 0.717) is 5.57 Å². The molecule has 186 valence electrons. The molecule has 1 fully saturated rings. The Morgan fingerprint density at radius 3 is 2.92 bits per heavy atom. The van der Waals surface area contributed by atoms with Crippen molar-refractivity contribution >= 4 is 74.2 Å². The number of anilines is 1. The second-order valence-electron chi connectivity index (χ2n) is 7.25. The molecule has 18 heteroatoms. The van der Waals surface area contributed by atoms with E-state index < -0.39 is 41.8 Å². The molecular formula is C19H14FN8NaO5S3. The van der Waals surface area contributed by atoms with Gasteiger partial charge in [-0.1, -0.05) is 11.2 Å². The van der Waals surface area contributed by atoms with Crippen LogP contribution in [0.15, 0.2) is 40.4 Å². The molecule has 2 aliphatic heterocycles. The molecule has 0 unspecified atom stereocenters. The molecule has 5 heterocycles. The topological polar surface area (TPSA) is 180 Å². The van der Waals surface area contributed by atoms with Gasteiger partial charge in [0.1, 0.15) is 22.6 Å². The van der Waals surface area contributed by atoms with Gasteiger partial charge >= 0.3 is 29.6 Å². The van der Waals surface area contributed by atoms with Crippen LogP contribution in [0.3, 0.4) is 0 Å². The van der Waals surface area contributed by atoms with E-state index in [1.54, 1.807) is 24.7 Å². The number of carbonyl (C=O) groups is 3. The summed E-state index contributed by atoms with van der Waals surface area (Å²) in [5.41, 5.74) is 5.96. The molecule has 0 saturated carbocycles. The number of allylic oxidation sites excluding steroid dienone is 1. The van der Waals surface area contributed by atoms with Crippen LogP contribution >= 0.6 is 34.6 Å². The van der Waals surface area contributed by atoms with Gasteiger partial charge in [-0.3, -0.25) is 18.9 Å². The van der Waals surface area contributed by atoms with Gasteiger partial charge in [-0.2, -0.15) is 9.36 Å². The number of nitrogens with one attached hydrogen (secondary N) is 1. The second-order valence-corrected chi connectivity index (χ2v) is 10.0. The number of alkyl halides is 1. The van der Waals surface area contributed by atoms with Crippen LogP contribution < -0.4 is 45.7 Å². The number of rotatable bonds is 8. The van der Waals surface area contributed by atoms with Crippen LogP contribution in [0, 0.1) is 0 Å². The molecule has 3 N–H and O–H groups in total. The summed E-state index contributed by atoms with van der Waals surface area (Å²) in [6.45, 7) is -1.31. The first-order valence-corrected chi connectivity index (χ1v) is 12.7. The SMILES string of the molecule is Nc1nc(/C(=N/OCF)C(=O)N[C@@H]2C(=O)N3C(C(=O)[O-])=C(C=Cc4csc5cncn45)CS[C@H]23)ns1.[Na+]. The van der Waals surface area contributed by atoms with Crippen molar-refractivity contribution in [2.75, 3.05) is 18.3 Å². The molecule has 1 saturated heterocycles. The number of thiazole rings is 1. The summed E-state index contributed by atoms with van der Waals surface area (Å²) in [6.07, 6.45) is 6.70. The van der Waals surface area contributed by atoms with E-state index in [9.17, 15) is 23.9 Å². The van der Waals surface area contributed by atoms with Crippen molar-refractivity contribution < 1.29 is 58.3 Å². The van der Waals surface area contributed by atoms with Crippen molar-refractivity contribution in [1.29, 1.82) is 0 Å². The molecule has 5 rings (SSSR count). The molecule has 0 aromatic carbocycles. The van der Waals surface area contributed by atoms with E-state index in [1.807, 2.05) is 9.78 Å². The quantitative estimate of drug-likeness (QED) is 0.120. The number of fused-ring (bicyclic) bond motifs is 2. The molecule has 0 radical (unpaired) electrons. The molecule has 0 bridgehead atoms. The minimum Gasteiger partial charge on any atom is -0.543 e. The smallest absolute Gasteiger partial charge is 0.543 e. The summed E-state index contributed by atoms with van der Waals surface area (Å²) in [6, 6.07) is -1.07. The summed E-state index contributed by atoms with van der Waals surface area (Å²) in [4.78, 5) is 51.9. The number of imidazole rings is 1. The zero-order valence-corrected chi connectivity index (χ0v) is 23.3. The van der Waals surface area contributed by atoms with E-state index >= 15 is 0 Å². The molecule has 3 aromatic heterocycles. The van der Waals surface area contributed by atoms with Crippen LogP contribution in [0.2, 0.25) is 0 Å². The van der Waals surface area contributed by atoms with Crippen molar-refractivity contribution in [2.24, 2.45) is 5.16 Å². The molecule has 0 spiro atoms. The van der Waals surface area contributed by atoms with Crippen LogP contribution in [0.25, 0.3) is 10.9 Å². The van der Waals surface area contributed by atoms with Crippen molar-refractivity contribution in [3.05, 3.63) is 46.8 Å². The molecule has 3 aromatic rings. The number of nitrogens with two attached hydrogens (primary N) is 1. The Hall–Kier alpha value is -2.83. The van der Waals surface area contributed by atoms with Gasteiger partial charge < -0.3 is 25.8 Å². The van der Waals surface area contributed by atoms with Gasteiger partial charge in [0.05, 0.1) is 23.6 Å². The Balaban J connectivity index is 0.00000320. The van der Waals surface area contributed by atoms with Gasteiger partial charge in [0.15, 0.2) is 5.13 Å². The summed E-state index contributed by atoms with van der Waals surface area (Å²) in [7, 11) is 0. The minimum atomic E-state index is -1.52. The number of nitrogens with zero attached hydrogens (tertiary/aromatic N) is 6. The zero-order chi connectivity index (χ0) is 25.4. The second kappa shape index (κ2) is 11.3. The summed E-state index contributed by atoms with van der Waals surface area (Å²) >= 11 is 3.53. The first-order valence-electron chi connectivity index (χ1n) is 10.0. The van der Waals surface area contributed by atoms with Crippen molar-refractivity contribution in [2.45, 2.75) is 11.4 Å². The number of nitrogen functional groups attached to an aromatic ring is 1. The molecular weight excluding hydrogens is 558 g/mol. The van der Waals surface area contributed by atoms with Gasteiger partial charge in [-0.25, -0.2) is 9.37 Å². The third-order valence-corrected chi connectivity index (χ3v) is 7.94. The Kier molecular flexibility index (Phi) is 8.29. The number of amides is 2. The van der Waals surface area contributed by atoms with E-state index in [0.717, 1.165) is 27.0 Å². The Morgan fingerprint density at radius 1 is 1.41 bits per heavy atom. The maximum atomic E-state index is 12.9. The molecule has 37 heavy (non-hydrogen) atoms. The Morgan fingerprint density at radius 2 is 2.22 bits per heavy atom. The third-order valence-electron chi connectivity index (χ3n) is 5.19. The van der Waals surface area contributed by atoms with Crippen LogP contribution in [0.4, 0.5) is 9.52 Å². The van der Waals surface area contributed by atoms with Crippen LogP contribution in [0.1, 0.15) is 11.5 Å². The predicted octanol–water partition coefficient (Wildman–Crippen LogP) is -3.40. The van der Waals surface area contributed by atoms with Crippen molar-refractivity contribution in [3.63, 3.8) is 0 Å². The van der Waals surface area contributed by atoms with Gasteiger partial charge in [-0.15, -0.1) is 23.1 Å². The maximum Gasteiger partial charge on any atom is 1.00 e. The van der Waals surface area contributed by atoms with Gasteiger partial charge in [0.2, 0.25) is 11.5 Å². The van der Waals surface area contributed by atoms with Crippen LogP contribution in [-0.2, 0) is 19.2 Å². The summed E-state index contributed by atoms with van der Waals surface area (Å²) in [5.74, 6) is -3.04. The van der Waals surface area contributed by atoms with Crippen molar-refractivity contribution in [1.82, 2.24) is 29.0 Å². The average molecular weight is 573 g/mol. The van der Waals surface area contributed by atoms with Gasteiger partial charge in [0.25, 0.3) is 18.7 Å². The van der Waals surface area contributed by atoms with Gasteiger partial charge in [-0.05, 0) is 11.6 Å². The monoisotopic (exact) mass is 572 g/mol. The number of aliphatic carboxylic acids is 1. The molecule has 2 atom stereocenters. The number of carboxylic acid groups (broad SMARTS) is 1. The predicted molar refractivity (Wildman–Crippen MR) is 127 cm³/mol. The third kappa shape index (κ3) is 5.14. The van der Waals surface area contributed by atoms with Crippen molar-refractivity contribution in [3.8, 4) is 0 Å². The summed E-state index contributed by atoms with van der Waals surface area (Å²) in [5, 5.41) is 19.0. The number of hydrogen-bond donors (Lipinski definition) is 2. The fourth-order valence-electron chi connectivity index (χ4n) is 3.62. The average Bonchev–Trinajstić information content (AvgIpc) is 3.59. The number of carbonyl (C=O) groups excluding carboxylic acids is 3. The number of hydrogen-bond acceptors (Lipinski definition) is 13. The standard InChI is InChI=1S/C19H15FN8O5S3.Na/c20-6-33-25-11(14-24-19(21)36-26-14)15(29)23-12-16(30)28-13(18(31)32)8(4-35-17(12)28)1-2-9-5-34-10-3-22-7-27(9)10;/h1-3,5,7,12,17H,4,6H2,(H,23,29)(H,31,32)(H2,21,24,26);/q;+1/p-1/b2-1?,25-11-;/t12-,17-;/m1./s1. The number of β-lactam (4-membered cyclic amide) rings is 1. The fourth-order valence-corrected chi connectivity index (χ4v) is 6.20. The number of aromatic nitrogens is 4. The van der Waals surface area contributed by atoms with E-state index in [1.165, 1.54) is 23.1 Å². The normalized spacial score (nSPS) is 19.5. The Bertz CT molecular complexity index is 1470. The number of carboxylic acids is 1. The fraction of sp³-hybridized carbons (Fsp3) is 0.211. The molecule has 2 aliphatic rings. The molecule has 2 amide bonds. The molecule has 0 aliphatic carbocycles. The molecule has 13 nitrogen and oxygen atoms in total. The number of oxime groups is 1. The van der Waals surface area contributed by atoms with Gasteiger partial charge in [0, 0.05) is 22.7 Å². The Labute approximate surface area is 241 Å². The maximum absolute atomic E-state index is 12.9. The van der Waals surface area contributed by atoms with Crippen LogP contribution in [-0.4, -0.2) is 71.2 Å². The van der Waals surface area contributed by atoms with E-state index in [-0.39, 0.29) is 52.0 Å². The minimum absolute atomic E-state index is 0. The first kappa shape index (κ1) is 27.2. The number of thioether (sulfide) groups is 1. The van der Waals surface area contributed by atoms with E-state index in [2.05, 4.69) is 29.7 Å². The van der Waals surface area contributed by atoms with E-state index in [4.69, 9.17) is 5.73 Å². The largest absolute Gasteiger partial charge is 1.00 e. The van der Waals surface area contributed by atoms with Crippen LogP contribution in [0.5, 0.6) is 0 Å². The first-order chi connectivity index (χ1) is 17.4. The number of halogens is 1.